The predicted octanol–water partition coefficient (Wildman–Crippen LogP) is 4.68. The van der Waals surface area contributed by atoms with Crippen LogP contribution < -0.4 is 0 Å². The van der Waals surface area contributed by atoms with E-state index in [1.807, 2.05) is 67.7 Å². The summed E-state index contributed by atoms with van der Waals surface area (Å²) in [5.41, 5.74) is 4.07. The zero-order valence-electron chi connectivity index (χ0n) is 16.5. The molecule has 1 aromatic heterocycles. The van der Waals surface area contributed by atoms with Crippen LogP contribution in [0.1, 0.15) is 22.4 Å². The second-order valence-corrected chi connectivity index (χ2v) is 7.11. The highest BCUT2D eigenvalue weighted by Crippen LogP contribution is 2.32. The number of rotatable bonds is 3. The summed E-state index contributed by atoms with van der Waals surface area (Å²) in [6, 6.07) is 25.9. The van der Waals surface area contributed by atoms with E-state index >= 15 is 0 Å². The van der Waals surface area contributed by atoms with Gasteiger partial charge in [0.25, 0.3) is 0 Å². The summed E-state index contributed by atoms with van der Waals surface area (Å²) in [5, 5.41) is 11.8. The molecular formula is C26H22N2O. The van der Waals surface area contributed by atoms with Crippen LogP contribution in [0.25, 0.3) is 11.1 Å². The van der Waals surface area contributed by atoms with Gasteiger partial charge in [0.1, 0.15) is 0 Å². The van der Waals surface area contributed by atoms with Gasteiger partial charge < -0.3 is 9.67 Å². The quantitative estimate of drug-likeness (QED) is 0.526. The van der Waals surface area contributed by atoms with Crippen LogP contribution >= 0.6 is 0 Å². The molecule has 3 heteroatoms. The maximum atomic E-state index is 11.8. The van der Waals surface area contributed by atoms with Crippen molar-refractivity contribution in [2.24, 2.45) is 7.05 Å². The molecule has 0 bridgehead atoms. The van der Waals surface area contributed by atoms with Gasteiger partial charge in [-0.1, -0.05) is 72.5 Å². The molecule has 4 rings (SSSR count). The number of aromatic nitrogens is 2. The largest absolute Gasteiger partial charge is 0.368 e. The van der Waals surface area contributed by atoms with Crippen molar-refractivity contribution in [2.75, 3.05) is 0 Å². The van der Waals surface area contributed by atoms with Gasteiger partial charge in [-0.2, -0.15) is 0 Å². The molecule has 0 aliphatic rings. The van der Waals surface area contributed by atoms with Crippen molar-refractivity contribution in [1.29, 1.82) is 0 Å². The molecular weight excluding hydrogens is 356 g/mol. The van der Waals surface area contributed by atoms with Crippen molar-refractivity contribution >= 4 is 0 Å². The number of hydrogen-bond donors (Lipinski definition) is 1. The Bertz CT molecular complexity index is 1200. The Balaban J connectivity index is 1.87. The highest BCUT2D eigenvalue weighted by Gasteiger charge is 2.33. The fourth-order valence-corrected chi connectivity index (χ4v) is 3.48. The molecule has 0 aliphatic carbocycles. The fraction of sp³-hybridized carbons (Fsp3) is 0.115. The highest BCUT2D eigenvalue weighted by atomic mass is 16.3. The van der Waals surface area contributed by atoms with Crippen molar-refractivity contribution in [3.8, 4) is 23.0 Å². The first kappa shape index (κ1) is 18.7. The first-order valence-electron chi connectivity index (χ1n) is 9.52. The van der Waals surface area contributed by atoms with E-state index in [1.54, 1.807) is 17.1 Å². The first-order chi connectivity index (χ1) is 14.1. The Hall–Kier alpha value is -3.61. The lowest BCUT2D eigenvalue weighted by molar-refractivity contribution is 0.137. The standard InChI is InChI=1S/C26H22N2O/c1-20-9-6-7-14-24(20)22-12-8-13-23(17-22)26(29,25-18-27-19-28(25)2)16-15-21-10-4-3-5-11-21/h3-14,17-19,29H,1-2H3. The Kier molecular flexibility index (Phi) is 5.03. The molecule has 0 aliphatic heterocycles. The van der Waals surface area contributed by atoms with Crippen LogP contribution in [0.3, 0.4) is 0 Å². The zero-order chi connectivity index (χ0) is 20.3. The molecule has 1 atom stereocenters. The van der Waals surface area contributed by atoms with E-state index in [9.17, 15) is 5.11 Å². The minimum Gasteiger partial charge on any atom is -0.368 e. The van der Waals surface area contributed by atoms with Crippen LogP contribution in [0.2, 0.25) is 0 Å². The molecule has 142 valence electrons. The summed E-state index contributed by atoms with van der Waals surface area (Å²) in [4.78, 5) is 4.20. The van der Waals surface area contributed by atoms with Crippen LogP contribution in [0.15, 0.2) is 91.4 Å². The molecule has 0 fully saturated rings. The van der Waals surface area contributed by atoms with E-state index in [2.05, 4.69) is 41.9 Å². The van der Waals surface area contributed by atoms with Gasteiger partial charge in [-0.3, -0.25) is 0 Å². The Labute approximate surface area is 171 Å². The van der Waals surface area contributed by atoms with Crippen molar-refractivity contribution in [1.82, 2.24) is 9.55 Å². The third-order valence-electron chi connectivity index (χ3n) is 5.09. The van der Waals surface area contributed by atoms with E-state index in [-0.39, 0.29) is 0 Å². The van der Waals surface area contributed by atoms with Gasteiger partial charge in [0.05, 0.1) is 18.2 Å². The predicted molar refractivity (Wildman–Crippen MR) is 116 cm³/mol. The second-order valence-electron chi connectivity index (χ2n) is 7.11. The molecule has 1 unspecified atom stereocenters. The summed E-state index contributed by atoms with van der Waals surface area (Å²) < 4.78 is 1.81. The summed E-state index contributed by atoms with van der Waals surface area (Å²) in [7, 11) is 1.86. The third kappa shape index (κ3) is 3.71. The molecule has 1 N–H and O–H groups in total. The van der Waals surface area contributed by atoms with Gasteiger partial charge >= 0.3 is 0 Å². The maximum Gasteiger partial charge on any atom is 0.194 e. The Morgan fingerprint density at radius 2 is 1.69 bits per heavy atom. The molecule has 3 aromatic carbocycles. The topological polar surface area (TPSA) is 38.1 Å². The smallest absolute Gasteiger partial charge is 0.194 e. The lowest BCUT2D eigenvalue weighted by atomic mass is 9.88. The van der Waals surface area contributed by atoms with Crippen LogP contribution in [-0.2, 0) is 12.6 Å². The van der Waals surface area contributed by atoms with E-state index in [0.717, 1.165) is 16.7 Å². The minimum atomic E-state index is -1.49. The second kappa shape index (κ2) is 7.79. The van der Waals surface area contributed by atoms with Crippen LogP contribution in [0.4, 0.5) is 0 Å². The SMILES string of the molecule is Cc1ccccc1-c1cccc(C(O)(C#Cc2ccccc2)c2cncn2C)c1. The Morgan fingerprint density at radius 1 is 0.931 bits per heavy atom. The van der Waals surface area contributed by atoms with Gasteiger partial charge in [-0.15, -0.1) is 0 Å². The van der Waals surface area contributed by atoms with Gasteiger partial charge in [0.2, 0.25) is 0 Å². The van der Waals surface area contributed by atoms with Gasteiger partial charge in [-0.25, -0.2) is 4.98 Å². The molecule has 0 amide bonds. The molecule has 1 heterocycles. The zero-order valence-corrected chi connectivity index (χ0v) is 16.5. The van der Waals surface area contributed by atoms with Gasteiger partial charge in [0.15, 0.2) is 5.60 Å². The van der Waals surface area contributed by atoms with E-state index in [4.69, 9.17) is 0 Å². The molecule has 0 saturated carbocycles. The average molecular weight is 378 g/mol. The lowest BCUT2D eigenvalue weighted by Gasteiger charge is -2.24. The van der Waals surface area contributed by atoms with Crippen molar-refractivity contribution in [3.63, 3.8) is 0 Å². The monoisotopic (exact) mass is 378 g/mol. The van der Waals surface area contributed by atoms with Crippen molar-refractivity contribution in [2.45, 2.75) is 12.5 Å². The molecule has 0 spiro atoms. The summed E-state index contributed by atoms with van der Waals surface area (Å²) in [6.45, 7) is 2.09. The third-order valence-corrected chi connectivity index (χ3v) is 5.09. The van der Waals surface area contributed by atoms with Crippen molar-refractivity contribution < 1.29 is 5.11 Å². The van der Waals surface area contributed by atoms with Gasteiger partial charge in [-0.05, 0) is 41.8 Å². The summed E-state index contributed by atoms with van der Waals surface area (Å²) >= 11 is 0. The van der Waals surface area contributed by atoms with Gasteiger partial charge in [0, 0.05) is 18.2 Å². The highest BCUT2D eigenvalue weighted by molar-refractivity contribution is 5.68. The molecule has 3 nitrogen and oxygen atoms in total. The molecule has 29 heavy (non-hydrogen) atoms. The first-order valence-corrected chi connectivity index (χ1v) is 9.52. The van der Waals surface area contributed by atoms with E-state index in [1.165, 1.54) is 5.56 Å². The lowest BCUT2D eigenvalue weighted by Crippen LogP contribution is -2.28. The van der Waals surface area contributed by atoms with Crippen molar-refractivity contribution in [3.05, 3.63) is 114 Å². The number of aryl methyl sites for hydroxylation is 2. The number of imidazole rings is 1. The van der Waals surface area contributed by atoms with Crippen LogP contribution in [0, 0.1) is 18.8 Å². The average Bonchev–Trinajstić information content (AvgIpc) is 3.20. The number of aliphatic hydroxyl groups is 1. The summed E-state index contributed by atoms with van der Waals surface area (Å²) in [6.07, 6.45) is 3.34. The molecule has 0 radical (unpaired) electrons. The molecule has 0 saturated heterocycles. The fourth-order valence-electron chi connectivity index (χ4n) is 3.48. The number of hydrogen-bond acceptors (Lipinski definition) is 2. The number of nitrogens with zero attached hydrogens (tertiary/aromatic N) is 2. The minimum absolute atomic E-state index is 0.628. The van der Waals surface area contributed by atoms with E-state index < -0.39 is 5.60 Å². The molecule has 4 aromatic rings. The normalized spacial score (nSPS) is 12.7. The maximum absolute atomic E-state index is 11.8. The van der Waals surface area contributed by atoms with E-state index in [0.29, 0.717) is 11.3 Å². The van der Waals surface area contributed by atoms with Crippen LogP contribution in [-0.4, -0.2) is 14.7 Å². The summed E-state index contributed by atoms with van der Waals surface area (Å²) in [5.74, 6) is 6.24. The van der Waals surface area contributed by atoms with Crippen LogP contribution in [0.5, 0.6) is 0 Å². The number of benzene rings is 3. The Morgan fingerprint density at radius 3 is 2.41 bits per heavy atom.